The molecular formula is C14H17Cl2NO4. The third-order valence-electron chi connectivity index (χ3n) is 2.31. The molecule has 1 aromatic rings. The number of aliphatic hydroxyl groups is 1. The first-order valence-electron chi connectivity index (χ1n) is 6.24. The molecule has 1 amide bonds. The number of aliphatic hydroxyl groups excluding tert-OH is 1. The normalized spacial score (nSPS) is 12.7. The number of esters is 1. The summed E-state index contributed by atoms with van der Waals surface area (Å²) in [7, 11) is 0. The molecule has 2 N–H and O–H groups in total. The first-order chi connectivity index (χ1) is 9.60. The van der Waals surface area contributed by atoms with Gasteiger partial charge in [-0.1, -0.05) is 23.2 Å². The second-order valence-electron chi connectivity index (χ2n) is 5.38. The van der Waals surface area contributed by atoms with Crippen molar-refractivity contribution >= 4 is 35.1 Å². The molecule has 1 aromatic carbocycles. The summed E-state index contributed by atoms with van der Waals surface area (Å²) in [5.41, 5.74) is -0.501. The summed E-state index contributed by atoms with van der Waals surface area (Å²) in [6.45, 7) is 4.78. The van der Waals surface area contributed by atoms with Crippen molar-refractivity contribution in [3.63, 3.8) is 0 Å². The van der Waals surface area contributed by atoms with Gasteiger partial charge in [0.1, 0.15) is 5.60 Å². The molecule has 116 valence electrons. The molecule has 0 saturated carbocycles. The van der Waals surface area contributed by atoms with Gasteiger partial charge in [0.15, 0.2) is 6.10 Å². The Labute approximate surface area is 133 Å². The average Bonchev–Trinajstić information content (AvgIpc) is 2.33. The summed E-state index contributed by atoms with van der Waals surface area (Å²) in [5.74, 6) is -1.32. The molecule has 0 spiro atoms. The van der Waals surface area contributed by atoms with E-state index in [1.54, 1.807) is 20.8 Å². The van der Waals surface area contributed by atoms with Gasteiger partial charge in [0, 0.05) is 5.02 Å². The maximum absolute atomic E-state index is 11.9. The lowest BCUT2D eigenvalue weighted by Gasteiger charge is -2.21. The van der Waals surface area contributed by atoms with E-state index >= 15 is 0 Å². The number of benzene rings is 1. The van der Waals surface area contributed by atoms with Crippen molar-refractivity contribution < 1.29 is 19.4 Å². The van der Waals surface area contributed by atoms with Crippen LogP contribution in [0.2, 0.25) is 10.0 Å². The molecule has 5 nitrogen and oxygen atoms in total. The summed E-state index contributed by atoms with van der Waals surface area (Å²) in [4.78, 5) is 23.4. The van der Waals surface area contributed by atoms with Crippen LogP contribution in [-0.4, -0.2) is 35.2 Å². The number of hydrogen-bond donors (Lipinski definition) is 2. The van der Waals surface area contributed by atoms with E-state index in [-0.39, 0.29) is 17.1 Å². The van der Waals surface area contributed by atoms with Crippen LogP contribution in [0.1, 0.15) is 31.1 Å². The Bertz CT molecular complexity index is 540. The number of rotatable bonds is 4. The summed E-state index contributed by atoms with van der Waals surface area (Å²) >= 11 is 11.6. The van der Waals surface area contributed by atoms with Crippen LogP contribution < -0.4 is 5.32 Å². The van der Waals surface area contributed by atoms with Gasteiger partial charge in [0.25, 0.3) is 5.91 Å². The number of hydrogen-bond acceptors (Lipinski definition) is 4. The average molecular weight is 334 g/mol. The zero-order valence-corrected chi connectivity index (χ0v) is 13.5. The number of carbonyl (C=O) groups excluding carboxylic acids is 2. The minimum absolute atomic E-state index is 0.187. The minimum atomic E-state index is -1.45. The van der Waals surface area contributed by atoms with Gasteiger partial charge in [0.2, 0.25) is 0 Å². The summed E-state index contributed by atoms with van der Waals surface area (Å²) in [6, 6.07) is 4.41. The Balaban J connectivity index is 2.58. The Morgan fingerprint density at radius 1 is 1.33 bits per heavy atom. The fourth-order valence-corrected chi connectivity index (χ4v) is 1.91. The molecule has 0 aliphatic rings. The Morgan fingerprint density at radius 2 is 1.95 bits per heavy atom. The number of ether oxygens (including phenoxy) is 1. The topological polar surface area (TPSA) is 75.6 Å². The molecule has 1 atom stereocenters. The molecule has 0 radical (unpaired) electrons. The van der Waals surface area contributed by atoms with Crippen molar-refractivity contribution in [3.8, 4) is 0 Å². The highest BCUT2D eigenvalue weighted by Gasteiger charge is 2.24. The lowest BCUT2D eigenvalue weighted by atomic mass is 10.2. The second kappa shape index (κ2) is 7.11. The molecule has 0 saturated heterocycles. The van der Waals surface area contributed by atoms with Gasteiger partial charge >= 0.3 is 5.97 Å². The van der Waals surface area contributed by atoms with Gasteiger partial charge < -0.3 is 15.2 Å². The van der Waals surface area contributed by atoms with E-state index in [0.29, 0.717) is 5.02 Å². The van der Waals surface area contributed by atoms with Crippen molar-refractivity contribution in [2.75, 3.05) is 6.54 Å². The second-order valence-corrected chi connectivity index (χ2v) is 6.23. The summed E-state index contributed by atoms with van der Waals surface area (Å²) in [5, 5.41) is 12.6. The first-order valence-corrected chi connectivity index (χ1v) is 7.00. The third-order valence-corrected chi connectivity index (χ3v) is 2.86. The van der Waals surface area contributed by atoms with Crippen LogP contribution in [-0.2, 0) is 9.53 Å². The third kappa shape index (κ3) is 5.91. The van der Waals surface area contributed by atoms with Crippen molar-refractivity contribution in [1.29, 1.82) is 0 Å². The van der Waals surface area contributed by atoms with Crippen LogP contribution in [0.3, 0.4) is 0 Å². The molecule has 0 aliphatic carbocycles. The Hall–Kier alpha value is -1.30. The zero-order chi connectivity index (χ0) is 16.2. The molecular weight excluding hydrogens is 317 g/mol. The van der Waals surface area contributed by atoms with E-state index in [0.717, 1.165) is 0 Å². The van der Waals surface area contributed by atoms with Crippen LogP contribution >= 0.6 is 23.2 Å². The molecule has 1 rings (SSSR count). The van der Waals surface area contributed by atoms with Crippen molar-refractivity contribution in [2.45, 2.75) is 32.5 Å². The summed E-state index contributed by atoms with van der Waals surface area (Å²) < 4.78 is 4.99. The van der Waals surface area contributed by atoms with Crippen molar-refractivity contribution in [2.24, 2.45) is 0 Å². The standard InChI is InChI=1S/C14H17Cl2NO4/c1-14(2,3)21-13(20)11(18)7-17-12(19)9-5-4-8(15)6-10(9)16/h4-6,11,18H,7H2,1-3H3,(H,17,19)/t11-/m1/s1. The van der Waals surface area contributed by atoms with Gasteiger partial charge in [-0.25, -0.2) is 4.79 Å². The minimum Gasteiger partial charge on any atom is -0.458 e. The molecule has 0 aromatic heterocycles. The predicted molar refractivity (Wildman–Crippen MR) is 80.6 cm³/mol. The SMILES string of the molecule is CC(C)(C)OC(=O)[C@H](O)CNC(=O)c1ccc(Cl)cc1Cl. The van der Waals surface area contributed by atoms with Gasteiger partial charge in [-0.05, 0) is 39.0 Å². The highest BCUT2D eigenvalue weighted by atomic mass is 35.5. The monoisotopic (exact) mass is 333 g/mol. The number of nitrogens with one attached hydrogen (secondary N) is 1. The van der Waals surface area contributed by atoms with Crippen LogP contribution in [0.4, 0.5) is 0 Å². The van der Waals surface area contributed by atoms with E-state index in [4.69, 9.17) is 27.9 Å². The molecule has 0 unspecified atom stereocenters. The molecule has 0 fully saturated rings. The maximum Gasteiger partial charge on any atom is 0.337 e. The first kappa shape index (κ1) is 17.8. The number of amides is 1. The Morgan fingerprint density at radius 3 is 2.48 bits per heavy atom. The van der Waals surface area contributed by atoms with Crippen molar-refractivity contribution in [3.05, 3.63) is 33.8 Å². The maximum atomic E-state index is 11.9. The number of carbonyl (C=O) groups is 2. The molecule has 0 bridgehead atoms. The molecule has 0 heterocycles. The largest absolute Gasteiger partial charge is 0.458 e. The summed E-state index contributed by atoms with van der Waals surface area (Å²) in [6.07, 6.45) is -1.45. The van der Waals surface area contributed by atoms with E-state index < -0.39 is 23.6 Å². The zero-order valence-electron chi connectivity index (χ0n) is 11.9. The fourth-order valence-electron chi connectivity index (χ4n) is 1.41. The van der Waals surface area contributed by atoms with Crippen LogP contribution in [0.15, 0.2) is 18.2 Å². The van der Waals surface area contributed by atoms with Crippen LogP contribution in [0.5, 0.6) is 0 Å². The highest BCUT2D eigenvalue weighted by molar-refractivity contribution is 6.36. The van der Waals surface area contributed by atoms with Crippen molar-refractivity contribution in [1.82, 2.24) is 5.32 Å². The quantitative estimate of drug-likeness (QED) is 0.829. The predicted octanol–water partition coefficient (Wildman–Crippen LogP) is 2.43. The number of halogens is 2. The Kier molecular flexibility index (Phi) is 6.01. The van der Waals surface area contributed by atoms with Gasteiger partial charge in [-0.2, -0.15) is 0 Å². The van der Waals surface area contributed by atoms with Gasteiger partial charge in [-0.3, -0.25) is 4.79 Å². The van der Waals surface area contributed by atoms with Gasteiger partial charge in [0.05, 0.1) is 17.1 Å². The van der Waals surface area contributed by atoms with E-state index in [1.165, 1.54) is 18.2 Å². The van der Waals surface area contributed by atoms with Crippen LogP contribution in [0, 0.1) is 0 Å². The van der Waals surface area contributed by atoms with E-state index in [9.17, 15) is 14.7 Å². The highest BCUT2D eigenvalue weighted by Crippen LogP contribution is 2.20. The fraction of sp³-hybridized carbons (Fsp3) is 0.429. The molecule has 0 aliphatic heterocycles. The van der Waals surface area contributed by atoms with Gasteiger partial charge in [-0.15, -0.1) is 0 Å². The van der Waals surface area contributed by atoms with E-state index in [2.05, 4.69) is 5.32 Å². The lowest BCUT2D eigenvalue weighted by molar-refractivity contribution is -0.164. The molecule has 7 heteroatoms. The smallest absolute Gasteiger partial charge is 0.337 e. The lowest BCUT2D eigenvalue weighted by Crippen LogP contribution is -2.40. The molecule has 21 heavy (non-hydrogen) atoms. The van der Waals surface area contributed by atoms with Crippen LogP contribution in [0.25, 0.3) is 0 Å². The van der Waals surface area contributed by atoms with E-state index in [1.807, 2.05) is 0 Å².